The standard InChI is InChI=1S/C15H17BrO7/c16-9-4-2-1-3-8(9)5-11(15(20)21)22-13-6-10(18)14(19)12(7-17)23-13/h1-5,10,12-14,17-19H,6-7H2,(H,20,21). The van der Waals surface area contributed by atoms with Crippen molar-refractivity contribution in [2.75, 3.05) is 6.61 Å². The number of ether oxygens (including phenoxy) is 2. The first-order valence-corrected chi connectivity index (χ1v) is 7.70. The summed E-state index contributed by atoms with van der Waals surface area (Å²) in [6.07, 6.45) is -3.35. The molecule has 0 aliphatic carbocycles. The summed E-state index contributed by atoms with van der Waals surface area (Å²) in [5.74, 6) is -1.67. The summed E-state index contributed by atoms with van der Waals surface area (Å²) in [6.45, 7) is -0.519. The Hall–Kier alpha value is -1.45. The van der Waals surface area contributed by atoms with E-state index in [9.17, 15) is 20.1 Å². The first-order chi connectivity index (χ1) is 10.9. The number of carbonyl (C=O) groups is 1. The third-order valence-electron chi connectivity index (χ3n) is 3.38. The van der Waals surface area contributed by atoms with Crippen molar-refractivity contribution in [1.29, 1.82) is 0 Å². The van der Waals surface area contributed by atoms with Crippen LogP contribution in [0.2, 0.25) is 0 Å². The number of carboxylic acid groups (broad SMARTS) is 1. The van der Waals surface area contributed by atoms with E-state index in [-0.39, 0.29) is 12.2 Å². The zero-order valence-corrected chi connectivity index (χ0v) is 13.6. The first-order valence-electron chi connectivity index (χ1n) is 6.91. The largest absolute Gasteiger partial charge is 0.475 e. The molecule has 23 heavy (non-hydrogen) atoms. The minimum atomic E-state index is -1.30. The van der Waals surface area contributed by atoms with E-state index in [4.69, 9.17) is 14.6 Å². The van der Waals surface area contributed by atoms with Crippen LogP contribution >= 0.6 is 15.9 Å². The van der Waals surface area contributed by atoms with Crippen molar-refractivity contribution < 1.29 is 34.7 Å². The quantitative estimate of drug-likeness (QED) is 0.433. The Bertz CT molecular complexity index is 589. The Morgan fingerprint density at radius 1 is 1.39 bits per heavy atom. The Balaban J connectivity index is 2.17. The molecule has 126 valence electrons. The van der Waals surface area contributed by atoms with Gasteiger partial charge in [0.1, 0.15) is 12.2 Å². The van der Waals surface area contributed by atoms with E-state index >= 15 is 0 Å². The van der Waals surface area contributed by atoms with Gasteiger partial charge < -0.3 is 29.9 Å². The van der Waals surface area contributed by atoms with E-state index < -0.39 is 37.2 Å². The monoisotopic (exact) mass is 388 g/mol. The fraction of sp³-hybridized carbons (Fsp3) is 0.400. The number of halogens is 1. The van der Waals surface area contributed by atoms with E-state index in [0.717, 1.165) is 0 Å². The fourth-order valence-electron chi connectivity index (χ4n) is 2.16. The van der Waals surface area contributed by atoms with Gasteiger partial charge in [-0.15, -0.1) is 0 Å². The van der Waals surface area contributed by atoms with E-state index in [1.165, 1.54) is 6.08 Å². The van der Waals surface area contributed by atoms with Crippen molar-refractivity contribution in [3.8, 4) is 0 Å². The molecule has 0 amide bonds. The van der Waals surface area contributed by atoms with Crippen LogP contribution in [0.1, 0.15) is 12.0 Å². The van der Waals surface area contributed by atoms with Crippen molar-refractivity contribution in [3.63, 3.8) is 0 Å². The first kappa shape index (κ1) is 17.9. The maximum atomic E-state index is 11.4. The Labute approximate surface area is 140 Å². The molecule has 8 heteroatoms. The highest BCUT2D eigenvalue weighted by atomic mass is 79.9. The van der Waals surface area contributed by atoms with Crippen LogP contribution in [0.25, 0.3) is 6.08 Å². The van der Waals surface area contributed by atoms with E-state index in [0.29, 0.717) is 10.0 Å². The predicted octanol–water partition coefficient (Wildman–Crippen LogP) is 0.720. The normalized spacial score (nSPS) is 28.4. The van der Waals surface area contributed by atoms with Gasteiger partial charge in [-0.1, -0.05) is 34.1 Å². The highest BCUT2D eigenvalue weighted by Gasteiger charge is 2.38. The van der Waals surface area contributed by atoms with Gasteiger partial charge in [-0.2, -0.15) is 0 Å². The summed E-state index contributed by atoms with van der Waals surface area (Å²) < 4.78 is 11.3. The highest BCUT2D eigenvalue weighted by molar-refractivity contribution is 9.10. The Morgan fingerprint density at radius 2 is 2.09 bits per heavy atom. The Kier molecular flexibility index (Phi) is 6.14. The summed E-state index contributed by atoms with van der Waals surface area (Å²) in [4.78, 5) is 11.4. The van der Waals surface area contributed by atoms with Crippen molar-refractivity contribution in [1.82, 2.24) is 0 Å². The van der Waals surface area contributed by atoms with Crippen LogP contribution in [0.5, 0.6) is 0 Å². The van der Waals surface area contributed by atoms with E-state index in [2.05, 4.69) is 15.9 Å². The second-order valence-electron chi connectivity index (χ2n) is 5.03. The molecule has 1 aromatic carbocycles. The average Bonchev–Trinajstić information content (AvgIpc) is 2.51. The molecule has 1 aliphatic heterocycles. The van der Waals surface area contributed by atoms with Gasteiger partial charge in [0.25, 0.3) is 0 Å². The summed E-state index contributed by atoms with van der Waals surface area (Å²) >= 11 is 3.31. The molecule has 4 N–H and O–H groups in total. The molecule has 4 unspecified atom stereocenters. The SMILES string of the molecule is O=C(O)C(=Cc1ccccc1Br)OC1CC(O)C(O)C(CO)O1. The van der Waals surface area contributed by atoms with Crippen LogP contribution in [0.3, 0.4) is 0 Å². The van der Waals surface area contributed by atoms with Gasteiger partial charge in [0.05, 0.1) is 12.7 Å². The molecule has 1 heterocycles. The van der Waals surface area contributed by atoms with Crippen LogP contribution in [-0.4, -0.2) is 57.6 Å². The number of hydrogen-bond acceptors (Lipinski definition) is 6. The van der Waals surface area contributed by atoms with Gasteiger partial charge in [-0.3, -0.25) is 0 Å². The van der Waals surface area contributed by atoms with Gasteiger partial charge in [-0.25, -0.2) is 4.79 Å². The number of aliphatic hydroxyl groups excluding tert-OH is 3. The zero-order valence-electron chi connectivity index (χ0n) is 12.0. The van der Waals surface area contributed by atoms with Gasteiger partial charge in [0, 0.05) is 10.9 Å². The summed E-state index contributed by atoms with van der Waals surface area (Å²) in [6, 6.07) is 6.99. The highest BCUT2D eigenvalue weighted by Crippen LogP contribution is 2.25. The van der Waals surface area contributed by atoms with Crippen LogP contribution in [0, 0.1) is 0 Å². The molecular weight excluding hydrogens is 372 g/mol. The predicted molar refractivity (Wildman–Crippen MR) is 83.2 cm³/mol. The molecule has 1 fully saturated rings. The second-order valence-corrected chi connectivity index (χ2v) is 5.89. The minimum absolute atomic E-state index is 0.113. The molecule has 0 radical (unpaired) electrons. The Morgan fingerprint density at radius 3 is 2.70 bits per heavy atom. The smallest absolute Gasteiger partial charge is 0.371 e. The van der Waals surface area contributed by atoms with Crippen LogP contribution in [0.4, 0.5) is 0 Å². The van der Waals surface area contributed by atoms with Crippen molar-refractivity contribution in [2.24, 2.45) is 0 Å². The molecular formula is C15H17BrO7. The maximum absolute atomic E-state index is 11.4. The molecule has 0 bridgehead atoms. The van der Waals surface area contributed by atoms with Gasteiger partial charge in [0.15, 0.2) is 0 Å². The fourth-order valence-corrected chi connectivity index (χ4v) is 2.56. The molecule has 1 aromatic rings. The van der Waals surface area contributed by atoms with Crippen LogP contribution < -0.4 is 0 Å². The number of rotatable bonds is 5. The lowest BCUT2D eigenvalue weighted by atomic mass is 10.0. The second kappa shape index (κ2) is 7.89. The van der Waals surface area contributed by atoms with E-state index in [1.807, 2.05) is 0 Å². The van der Waals surface area contributed by atoms with Crippen molar-refractivity contribution in [3.05, 3.63) is 40.1 Å². The van der Waals surface area contributed by atoms with Gasteiger partial charge >= 0.3 is 5.97 Å². The summed E-state index contributed by atoms with van der Waals surface area (Å²) in [5, 5.41) is 37.8. The third-order valence-corrected chi connectivity index (χ3v) is 4.10. The lowest BCUT2D eigenvalue weighted by Gasteiger charge is -2.36. The number of aliphatic hydroxyl groups is 3. The maximum Gasteiger partial charge on any atom is 0.371 e. The summed E-state index contributed by atoms with van der Waals surface area (Å²) in [5.41, 5.74) is 0.597. The zero-order chi connectivity index (χ0) is 17.0. The third kappa shape index (κ3) is 4.52. The number of benzene rings is 1. The lowest BCUT2D eigenvalue weighted by molar-refractivity contribution is -0.246. The molecule has 0 spiro atoms. The van der Waals surface area contributed by atoms with Gasteiger partial charge in [0.2, 0.25) is 12.0 Å². The topological polar surface area (TPSA) is 116 Å². The van der Waals surface area contributed by atoms with Crippen LogP contribution in [0.15, 0.2) is 34.5 Å². The molecule has 4 atom stereocenters. The lowest BCUT2D eigenvalue weighted by Crippen LogP contribution is -2.50. The van der Waals surface area contributed by atoms with Gasteiger partial charge in [-0.05, 0) is 17.7 Å². The van der Waals surface area contributed by atoms with E-state index in [1.54, 1.807) is 24.3 Å². The molecule has 0 saturated carbocycles. The molecule has 7 nitrogen and oxygen atoms in total. The number of aliphatic carboxylic acids is 1. The van der Waals surface area contributed by atoms with Crippen molar-refractivity contribution in [2.45, 2.75) is 31.0 Å². The number of carboxylic acids is 1. The minimum Gasteiger partial charge on any atom is -0.475 e. The van der Waals surface area contributed by atoms with Crippen molar-refractivity contribution >= 4 is 28.0 Å². The van der Waals surface area contributed by atoms with Crippen LogP contribution in [-0.2, 0) is 14.3 Å². The average molecular weight is 389 g/mol. The summed E-state index contributed by atoms with van der Waals surface area (Å²) in [7, 11) is 0. The molecule has 1 saturated heterocycles. The number of hydrogen-bond donors (Lipinski definition) is 4. The molecule has 2 rings (SSSR count). The molecule has 1 aliphatic rings. The molecule has 0 aromatic heterocycles.